The van der Waals surface area contributed by atoms with Gasteiger partial charge in [0, 0.05) is 0 Å². The van der Waals surface area contributed by atoms with Crippen LogP contribution in [0.5, 0.6) is 0 Å². The van der Waals surface area contributed by atoms with Crippen LogP contribution in [-0.4, -0.2) is 14.8 Å². The molecular weight excluding hydrogens is 240 g/mol. The summed E-state index contributed by atoms with van der Waals surface area (Å²) in [5.74, 6) is -1.23. The second kappa shape index (κ2) is 16.4. The maximum atomic E-state index is 9.14. The molecule has 0 heterocycles. The molecule has 0 bridgehead atoms. The summed E-state index contributed by atoms with van der Waals surface area (Å²) in [6.45, 7) is 9.85. The molecule has 0 saturated carbocycles. The van der Waals surface area contributed by atoms with Crippen molar-refractivity contribution in [2.24, 2.45) is 0 Å². The number of rotatable bonds is 10. The highest BCUT2D eigenvalue weighted by atomic mass is 28.3. The lowest BCUT2D eigenvalue weighted by molar-refractivity contribution is -0.297. The molecule has 2 nitrogen and oxygen atoms in total. The van der Waals surface area contributed by atoms with Gasteiger partial charge in [-0.3, -0.25) is 0 Å². The van der Waals surface area contributed by atoms with Gasteiger partial charge in [0.25, 0.3) is 0 Å². The number of carbonyl (C=O) groups excluding carboxylic acids is 1. The van der Waals surface area contributed by atoms with Crippen molar-refractivity contribution in [2.75, 3.05) is 0 Å². The number of carbonyl (C=O) groups is 1. The van der Waals surface area contributed by atoms with Crippen LogP contribution < -0.4 is 5.11 Å². The molecule has 0 aromatic carbocycles. The van der Waals surface area contributed by atoms with Crippen LogP contribution in [-0.2, 0) is 4.79 Å². The van der Waals surface area contributed by atoms with Crippen LogP contribution in [0, 0.1) is 0 Å². The summed E-state index contributed by atoms with van der Waals surface area (Å²) in [5, 5.41) is 9.14. The zero-order valence-corrected chi connectivity index (χ0v) is 13.5. The van der Waals surface area contributed by atoms with E-state index < -0.39 is 5.97 Å². The van der Waals surface area contributed by atoms with Gasteiger partial charge in [-0.15, -0.1) is 0 Å². The predicted molar refractivity (Wildman–Crippen MR) is 80.1 cm³/mol. The molecule has 0 unspecified atom stereocenters. The maximum absolute atomic E-state index is 9.14. The van der Waals surface area contributed by atoms with E-state index in [1.165, 1.54) is 38.5 Å². The Labute approximate surface area is 115 Å². The fraction of sp³-hybridized carbons (Fsp3) is 0.800. The highest BCUT2D eigenvalue weighted by Gasteiger charge is 2.23. The number of hydrogen-bond acceptors (Lipinski definition) is 2. The molecule has 106 valence electrons. The lowest BCUT2D eigenvalue weighted by Gasteiger charge is -2.00. The van der Waals surface area contributed by atoms with E-state index >= 15 is 0 Å². The Hall–Kier alpha value is -0.573. The van der Waals surface area contributed by atoms with E-state index in [-0.39, 0.29) is 8.80 Å². The molecule has 0 aliphatic carbocycles. The van der Waals surface area contributed by atoms with E-state index in [4.69, 9.17) is 9.90 Å². The van der Waals surface area contributed by atoms with Crippen molar-refractivity contribution in [3.8, 4) is 0 Å². The molecule has 0 N–H and O–H groups in total. The van der Waals surface area contributed by atoms with Crippen LogP contribution in [0.4, 0.5) is 0 Å². The monoisotopic (exact) mass is 270 g/mol. The summed E-state index contributed by atoms with van der Waals surface area (Å²) < 4.78 is 0. The Kier molecular flexibility index (Phi) is 18.0. The molecule has 0 rings (SSSR count). The van der Waals surface area contributed by atoms with Crippen molar-refractivity contribution in [3.05, 3.63) is 12.7 Å². The van der Waals surface area contributed by atoms with Gasteiger partial charge in [0.2, 0.25) is 0 Å². The third-order valence-electron chi connectivity index (χ3n) is 2.82. The van der Waals surface area contributed by atoms with Crippen LogP contribution in [0.2, 0.25) is 18.1 Å². The first-order valence-corrected chi connectivity index (χ1v) is 9.41. The summed E-state index contributed by atoms with van der Waals surface area (Å²) in [5.41, 5.74) is 0. The van der Waals surface area contributed by atoms with Crippen LogP contribution in [0.3, 0.4) is 0 Å². The molecule has 0 radical (unpaired) electrons. The SMILES string of the molecule is C=CC(=O)[O-].CCCC[Si+](CCCC)CCCC. The second-order valence-corrected chi connectivity index (χ2v) is 7.58. The van der Waals surface area contributed by atoms with Crippen molar-refractivity contribution < 1.29 is 9.90 Å². The first-order valence-electron chi connectivity index (χ1n) is 7.29. The number of hydrogen-bond donors (Lipinski definition) is 0. The first kappa shape index (κ1) is 19.8. The van der Waals surface area contributed by atoms with E-state index in [0.29, 0.717) is 0 Å². The lowest BCUT2D eigenvalue weighted by Crippen LogP contribution is -2.17. The third kappa shape index (κ3) is 17.8. The molecular formula is C15H30O2Si. The van der Waals surface area contributed by atoms with Gasteiger partial charge in [-0.25, -0.2) is 0 Å². The minimum Gasteiger partial charge on any atom is -0.545 e. The van der Waals surface area contributed by atoms with Gasteiger partial charge >= 0.3 is 8.80 Å². The normalized spacial score (nSPS) is 9.28. The standard InChI is InChI=1S/C12H27Si.C3H4O2/c1-4-7-10-13(11-8-5-2)12-9-6-3;1-2-3(4)5/h4-12H2,1-3H3;2H,1H2,(H,4,5)/q+1;/p-1. The fourth-order valence-corrected chi connectivity index (χ4v) is 4.97. The minimum absolute atomic E-state index is 0.0675. The molecule has 0 aliphatic heterocycles. The Morgan fingerprint density at radius 3 is 1.44 bits per heavy atom. The molecule has 0 spiro atoms. The van der Waals surface area contributed by atoms with Crippen molar-refractivity contribution in [1.29, 1.82) is 0 Å². The molecule has 0 aromatic heterocycles. The summed E-state index contributed by atoms with van der Waals surface area (Å²) in [4.78, 5) is 9.14. The van der Waals surface area contributed by atoms with Gasteiger partial charge in [0.05, 0.1) is 24.1 Å². The van der Waals surface area contributed by atoms with Crippen LogP contribution in [0.1, 0.15) is 59.3 Å². The van der Waals surface area contributed by atoms with Gasteiger partial charge in [-0.2, -0.15) is 0 Å². The van der Waals surface area contributed by atoms with Gasteiger partial charge in [0.15, 0.2) is 0 Å². The fourth-order valence-electron chi connectivity index (χ4n) is 1.66. The smallest absolute Gasteiger partial charge is 0.314 e. The Morgan fingerprint density at radius 2 is 1.28 bits per heavy atom. The Balaban J connectivity index is 0. The number of unbranched alkanes of at least 4 members (excludes halogenated alkanes) is 3. The zero-order chi connectivity index (χ0) is 14.2. The summed E-state index contributed by atoms with van der Waals surface area (Å²) >= 11 is 0. The third-order valence-corrected chi connectivity index (χ3v) is 6.00. The quantitative estimate of drug-likeness (QED) is 0.447. The number of carboxylic acids is 1. The molecule has 0 atom stereocenters. The molecule has 0 amide bonds. The summed E-state index contributed by atoms with van der Waals surface area (Å²) in [6.07, 6.45) is 9.37. The van der Waals surface area contributed by atoms with Crippen molar-refractivity contribution >= 4 is 14.8 Å². The van der Waals surface area contributed by atoms with Crippen molar-refractivity contribution in [3.63, 3.8) is 0 Å². The molecule has 0 saturated heterocycles. The second-order valence-electron chi connectivity index (χ2n) is 4.58. The van der Waals surface area contributed by atoms with E-state index in [0.717, 1.165) is 6.08 Å². The van der Waals surface area contributed by atoms with Crippen LogP contribution >= 0.6 is 0 Å². The van der Waals surface area contributed by atoms with E-state index in [2.05, 4.69) is 27.4 Å². The summed E-state index contributed by atoms with van der Waals surface area (Å²) in [6, 6.07) is 4.75. The Morgan fingerprint density at radius 1 is 1.00 bits per heavy atom. The van der Waals surface area contributed by atoms with Gasteiger partial charge in [-0.1, -0.05) is 46.6 Å². The number of carboxylic acid groups (broad SMARTS) is 1. The topological polar surface area (TPSA) is 40.1 Å². The average Bonchev–Trinajstić information content (AvgIpc) is 2.38. The molecule has 0 aliphatic rings. The van der Waals surface area contributed by atoms with Crippen LogP contribution in [0.15, 0.2) is 12.7 Å². The lowest BCUT2D eigenvalue weighted by atomic mass is 10.4. The largest absolute Gasteiger partial charge is 0.545 e. The molecule has 0 aromatic rings. The average molecular weight is 270 g/mol. The van der Waals surface area contributed by atoms with E-state index in [1.54, 1.807) is 18.1 Å². The highest BCUT2D eigenvalue weighted by Crippen LogP contribution is 2.16. The molecule has 3 heteroatoms. The van der Waals surface area contributed by atoms with E-state index in [1.807, 2.05) is 0 Å². The minimum atomic E-state index is -1.23. The first-order chi connectivity index (χ1) is 8.62. The number of aliphatic carboxylic acids is 1. The summed E-state index contributed by atoms with van der Waals surface area (Å²) in [7, 11) is 0.0675. The predicted octanol–water partition coefficient (Wildman–Crippen LogP) is 3.80. The van der Waals surface area contributed by atoms with Gasteiger partial charge < -0.3 is 9.90 Å². The molecule has 18 heavy (non-hydrogen) atoms. The zero-order valence-electron chi connectivity index (χ0n) is 12.5. The van der Waals surface area contributed by atoms with Gasteiger partial charge in [0.1, 0.15) is 0 Å². The van der Waals surface area contributed by atoms with Gasteiger partial charge in [-0.05, 0) is 25.3 Å². The Bertz CT molecular complexity index is 174. The maximum Gasteiger partial charge on any atom is 0.314 e. The van der Waals surface area contributed by atoms with Crippen molar-refractivity contribution in [1.82, 2.24) is 0 Å². The molecule has 0 fully saturated rings. The van der Waals surface area contributed by atoms with Crippen LogP contribution in [0.25, 0.3) is 0 Å². The van der Waals surface area contributed by atoms with Crippen molar-refractivity contribution in [2.45, 2.75) is 77.4 Å². The van der Waals surface area contributed by atoms with E-state index in [9.17, 15) is 0 Å². The highest BCUT2D eigenvalue weighted by molar-refractivity contribution is 6.58.